The number of allylic oxidation sites excluding steroid dienone is 1. The number of hydrogen-bond acceptors (Lipinski definition) is 5. The van der Waals surface area contributed by atoms with Gasteiger partial charge in [0.2, 0.25) is 0 Å². The number of nitro benzene ring substituents is 1. The third-order valence-electron chi connectivity index (χ3n) is 3.31. The first kappa shape index (κ1) is 17.5. The van der Waals surface area contributed by atoms with E-state index in [1.807, 2.05) is 0 Å². The van der Waals surface area contributed by atoms with Crippen molar-refractivity contribution in [3.05, 3.63) is 62.1 Å². The fourth-order valence-electron chi connectivity index (χ4n) is 2.12. The molecule has 2 rings (SSSR count). The molecule has 2 aromatic carbocycles. The highest BCUT2D eigenvalue weighted by Crippen LogP contribution is 2.36. The Morgan fingerprint density at radius 1 is 1.21 bits per heavy atom. The molecule has 2 aromatic rings. The monoisotopic (exact) mass is 388 g/mol. The molecule has 6 nitrogen and oxygen atoms in total. The number of nitrogens with zero attached hydrogens (tertiary/aromatic N) is 2. The van der Waals surface area contributed by atoms with Crippen LogP contribution in [0.4, 0.5) is 5.69 Å². The summed E-state index contributed by atoms with van der Waals surface area (Å²) in [7, 11) is 2.84. The van der Waals surface area contributed by atoms with Crippen molar-refractivity contribution >= 4 is 33.3 Å². The smallest absolute Gasteiger partial charge is 0.280 e. The Bertz CT molecular complexity index is 839. The molecule has 0 aromatic heterocycles. The highest BCUT2D eigenvalue weighted by Gasteiger charge is 2.19. The van der Waals surface area contributed by atoms with Gasteiger partial charge >= 0.3 is 0 Å². The van der Waals surface area contributed by atoms with E-state index in [-0.39, 0.29) is 17.0 Å². The Hall–Kier alpha value is -2.85. The van der Waals surface area contributed by atoms with Crippen LogP contribution in [0.5, 0.6) is 11.5 Å². The number of halogens is 1. The number of rotatable bonds is 5. The molecular weight excluding hydrogens is 376 g/mol. The van der Waals surface area contributed by atoms with Gasteiger partial charge in [0.05, 0.1) is 42.4 Å². The molecule has 0 N–H and O–H groups in total. The van der Waals surface area contributed by atoms with Crippen molar-refractivity contribution in [3.63, 3.8) is 0 Å². The van der Waals surface area contributed by atoms with Crippen LogP contribution >= 0.6 is 15.9 Å². The van der Waals surface area contributed by atoms with Crippen LogP contribution in [-0.2, 0) is 0 Å². The van der Waals surface area contributed by atoms with Crippen LogP contribution in [0.25, 0.3) is 11.6 Å². The molecule has 0 bridgehead atoms. The predicted molar refractivity (Wildman–Crippen MR) is 93.8 cm³/mol. The molecule has 122 valence electrons. The maximum Gasteiger partial charge on any atom is 0.280 e. The van der Waals surface area contributed by atoms with Crippen molar-refractivity contribution in [2.45, 2.75) is 0 Å². The second kappa shape index (κ2) is 7.62. The van der Waals surface area contributed by atoms with Gasteiger partial charge in [-0.2, -0.15) is 5.26 Å². The van der Waals surface area contributed by atoms with Crippen molar-refractivity contribution < 1.29 is 14.4 Å². The minimum atomic E-state index is -0.523. The van der Waals surface area contributed by atoms with Gasteiger partial charge < -0.3 is 9.47 Å². The second-order valence-corrected chi connectivity index (χ2v) is 5.62. The SMILES string of the molecule is COc1cc(/C=C(/C#N)c2ccc(Br)cc2)c([N+](=O)[O-])cc1OC. The van der Waals surface area contributed by atoms with Crippen molar-refractivity contribution in [1.82, 2.24) is 0 Å². The minimum absolute atomic E-state index is 0.169. The molecule has 24 heavy (non-hydrogen) atoms. The summed E-state index contributed by atoms with van der Waals surface area (Å²) in [6, 6.07) is 11.9. The van der Waals surface area contributed by atoms with Crippen LogP contribution in [0.3, 0.4) is 0 Å². The molecule has 0 fully saturated rings. The van der Waals surface area contributed by atoms with Crippen LogP contribution in [-0.4, -0.2) is 19.1 Å². The Kier molecular flexibility index (Phi) is 5.55. The Morgan fingerprint density at radius 2 is 1.79 bits per heavy atom. The molecule has 0 saturated heterocycles. The average Bonchev–Trinajstić information content (AvgIpc) is 2.59. The van der Waals surface area contributed by atoms with Gasteiger partial charge in [0, 0.05) is 4.47 Å². The van der Waals surface area contributed by atoms with E-state index in [2.05, 4.69) is 22.0 Å². The lowest BCUT2D eigenvalue weighted by Crippen LogP contribution is -1.97. The fraction of sp³-hybridized carbons (Fsp3) is 0.118. The molecule has 0 aliphatic carbocycles. The van der Waals surface area contributed by atoms with Crippen LogP contribution in [0.15, 0.2) is 40.9 Å². The number of benzene rings is 2. The molecule has 0 atom stereocenters. The molecule has 0 aliphatic rings. The average molecular weight is 389 g/mol. The summed E-state index contributed by atoms with van der Waals surface area (Å²) in [5, 5.41) is 20.7. The summed E-state index contributed by atoms with van der Waals surface area (Å²) >= 11 is 3.33. The largest absolute Gasteiger partial charge is 0.493 e. The molecular formula is C17H13BrN2O4. The Balaban J connectivity index is 2.62. The topological polar surface area (TPSA) is 85.4 Å². The zero-order valence-corrected chi connectivity index (χ0v) is 14.5. The van der Waals surface area contributed by atoms with E-state index >= 15 is 0 Å². The summed E-state index contributed by atoms with van der Waals surface area (Å²) in [6.07, 6.45) is 1.46. The quantitative estimate of drug-likeness (QED) is 0.327. The lowest BCUT2D eigenvalue weighted by Gasteiger charge is -2.09. The number of ether oxygens (including phenoxy) is 2. The first-order chi connectivity index (χ1) is 11.5. The van der Waals surface area contributed by atoms with Gasteiger partial charge in [-0.3, -0.25) is 10.1 Å². The third-order valence-corrected chi connectivity index (χ3v) is 3.83. The molecule has 0 unspecified atom stereocenters. The van der Waals surface area contributed by atoms with E-state index in [4.69, 9.17) is 9.47 Å². The van der Waals surface area contributed by atoms with Gasteiger partial charge in [0.15, 0.2) is 11.5 Å². The maximum atomic E-state index is 11.3. The van der Waals surface area contributed by atoms with E-state index in [1.54, 1.807) is 24.3 Å². The van der Waals surface area contributed by atoms with Gasteiger partial charge in [-0.15, -0.1) is 0 Å². The fourth-order valence-corrected chi connectivity index (χ4v) is 2.39. The van der Waals surface area contributed by atoms with Crippen molar-refractivity contribution in [3.8, 4) is 17.6 Å². The summed E-state index contributed by atoms with van der Waals surface area (Å²) in [4.78, 5) is 10.8. The van der Waals surface area contributed by atoms with Crippen LogP contribution in [0.1, 0.15) is 11.1 Å². The standard InChI is InChI=1S/C17H13BrN2O4/c1-23-16-8-12(15(20(21)22)9-17(16)24-2)7-13(10-19)11-3-5-14(18)6-4-11/h3-9H,1-2H3/b13-7-. The molecule has 0 saturated carbocycles. The van der Waals surface area contributed by atoms with Gasteiger partial charge in [0.1, 0.15) is 0 Å². The van der Waals surface area contributed by atoms with Crippen LogP contribution in [0, 0.1) is 21.4 Å². The van der Waals surface area contributed by atoms with Crippen molar-refractivity contribution in [2.24, 2.45) is 0 Å². The lowest BCUT2D eigenvalue weighted by atomic mass is 10.0. The van der Waals surface area contributed by atoms with Crippen molar-refractivity contribution in [2.75, 3.05) is 14.2 Å². The van der Waals surface area contributed by atoms with E-state index < -0.39 is 4.92 Å². The number of nitriles is 1. The predicted octanol–water partition coefficient (Wildman–Crippen LogP) is 4.44. The van der Waals surface area contributed by atoms with Crippen LogP contribution < -0.4 is 9.47 Å². The van der Waals surface area contributed by atoms with E-state index in [0.29, 0.717) is 16.9 Å². The number of methoxy groups -OCH3 is 2. The zero-order valence-electron chi connectivity index (χ0n) is 12.9. The molecule has 0 amide bonds. The second-order valence-electron chi connectivity index (χ2n) is 4.70. The van der Waals surface area contributed by atoms with Gasteiger partial charge in [-0.05, 0) is 29.8 Å². The molecule has 0 aliphatic heterocycles. The highest BCUT2D eigenvalue weighted by atomic mass is 79.9. The zero-order chi connectivity index (χ0) is 17.7. The lowest BCUT2D eigenvalue weighted by molar-refractivity contribution is -0.385. The summed E-state index contributed by atoms with van der Waals surface area (Å²) in [5.74, 6) is 0.603. The highest BCUT2D eigenvalue weighted by molar-refractivity contribution is 9.10. The van der Waals surface area contributed by atoms with Crippen LogP contribution in [0.2, 0.25) is 0 Å². The normalized spacial score (nSPS) is 10.8. The van der Waals surface area contributed by atoms with Crippen molar-refractivity contribution in [1.29, 1.82) is 5.26 Å². The maximum absolute atomic E-state index is 11.3. The summed E-state index contributed by atoms with van der Waals surface area (Å²) in [6.45, 7) is 0. The van der Waals surface area contributed by atoms with E-state index in [9.17, 15) is 15.4 Å². The first-order valence-electron chi connectivity index (χ1n) is 6.78. The number of nitro groups is 1. The molecule has 0 spiro atoms. The minimum Gasteiger partial charge on any atom is -0.493 e. The molecule has 0 heterocycles. The van der Waals surface area contributed by atoms with Gasteiger partial charge in [0.25, 0.3) is 5.69 Å². The third kappa shape index (κ3) is 3.73. The summed E-state index contributed by atoms with van der Waals surface area (Å²) in [5.41, 5.74) is 1.05. The van der Waals surface area contributed by atoms with E-state index in [0.717, 1.165) is 4.47 Å². The van der Waals surface area contributed by atoms with Gasteiger partial charge in [-0.25, -0.2) is 0 Å². The summed E-state index contributed by atoms with van der Waals surface area (Å²) < 4.78 is 11.1. The molecule has 7 heteroatoms. The molecule has 0 radical (unpaired) electrons. The Morgan fingerprint density at radius 3 is 2.29 bits per heavy atom. The number of hydrogen-bond donors (Lipinski definition) is 0. The van der Waals surface area contributed by atoms with Gasteiger partial charge in [-0.1, -0.05) is 28.1 Å². The Labute approximate surface area is 147 Å². The first-order valence-corrected chi connectivity index (χ1v) is 7.57. The van der Waals surface area contributed by atoms with E-state index in [1.165, 1.54) is 32.4 Å².